The van der Waals surface area contributed by atoms with Gasteiger partial charge in [0.1, 0.15) is 0 Å². The van der Waals surface area contributed by atoms with Gasteiger partial charge in [-0.05, 0) is 19.3 Å². The van der Waals surface area contributed by atoms with Crippen molar-refractivity contribution in [2.45, 2.75) is 128 Å². The van der Waals surface area contributed by atoms with Gasteiger partial charge >= 0.3 is 0 Å². The lowest BCUT2D eigenvalue weighted by molar-refractivity contribution is 0.282. The number of rotatable bonds is 20. The van der Waals surface area contributed by atoms with Crippen LogP contribution in [0.2, 0.25) is 0 Å². The van der Waals surface area contributed by atoms with Crippen LogP contribution >= 0.6 is 0 Å². The maximum Gasteiger partial charge on any atom is 0.267 e. The van der Waals surface area contributed by atoms with Gasteiger partial charge in [-0.25, -0.2) is 0 Å². The van der Waals surface area contributed by atoms with Crippen LogP contribution in [0.3, 0.4) is 0 Å². The van der Waals surface area contributed by atoms with Crippen LogP contribution < -0.4 is 0 Å². The van der Waals surface area contributed by atoms with Crippen molar-refractivity contribution >= 4 is 10.1 Å². The van der Waals surface area contributed by atoms with E-state index in [2.05, 4.69) is 6.92 Å². The second-order valence-electron chi connectivity index (χ2n) is 7.74. The van der Waals surface area contributed by atoms with Crippen LogP contribution in [0.15, 0.2) is 0 Å². The molecule has 0 amide bonds. The molecule has 0 aliphatic heterocycles. The summed E-state index contributed by atoms with van der Waals surface area (Å²) in [4.78, 5) is 0. The highest BCUT2D eigenvalue weighted by Gasteiger charge is 2.21. The van der Waals surface area contributed by atoms with Gasteiger partial charge in [-0.15, -0.1) is 0 Å². The number of unbranched alkanes of at least 4 members (excludes halogenated alkanes) is 14. The predicted octanol–water partition coefficient (Wildman–Crippen LogP) is 6.28. The fourth-order valence-electron chi connectivity index (χ4n) is 3.49. The normalized spacial score (nSPS) is 13.2. The van der Waals surface area contributed by atoms with Crippen molar-refractivity contribution in [2.24, 2.45) is 0 Å². The molecule has 0 spiro atoms. The van der Waals surface area contributed by atoms with Gasteiger partial charge in [0, 0.05) is 6.61 Å². The van der Waals surface area contributed by atoms with Crippen LogP contribution in [0.1, 0.15) is 122 Å². The average Bonchev–Trinajstić information content (AvgIpc) is 2.59. The highest BCUT2D eigenvalue weighted by atomic mass is 32.2. The highest BCUT2D eigenvalue weighted by molar-refractivity contribution is 7.86. The third kappa shape index (κ3) is 17.3. The van der Waals surface area contributed by atoms with Gasteiger partial charge in [-0.2, -0.15) is 8.42 Å². The monoisotopic (exact) mass is 392 g/mol. The summed E-state index contributed by atoms with van der Waals surface area (Å²) in [5.41, 5.74) is 0. The number of hydrogen-bond donors (Lipinski definition) is 2. The first-order valence-electron chi connectivity index (χ1n) is 11.1. The molecule has 0 aliphatic rings. The molecule has 0 aliphatic carbocycles. The smallest absolute Gasteiger partial charge is 0.267 e. The van der Waals surface area contributed by atoms with Crippen molar-refractivity contribution < 1.29 is 18.1 Å². The van der Waals surface area contributed by atoms with E-state index in [9.17, 15) is 13.0 Å². The number of aliphatic hydroxyl groups excluding tert-OH is 1. The van der Waals surface area contributed by atoms with Crippen molar-refractivity contribution in [2.75, 3.05) is 6.61 Å². The zero-order chi connectivity index (χ0) is 19.5. The Morgan fingerprint density at radius 2 is 0.962 bits per heavy atom. The summed E-state index contributed by atoms with van der Waals surface area (Å²) >= 11 is 0. The van der Waals surface area contributed by atoms with Crippen molar-refractivity contribution in [3.05, 3.63) is 0 Å². The Labute approximate surface area is 162 Å². The topological polar surface area (TPSA) is 74.6 Å². The van der Waals surface area contributed by atoms with Crippen molar-refractivity contribution in [3.8, 4) is 0 Å². The van der Waals surface area contributed by atoms with E-state index in [0.717, 1.165) is 57.8 Å². The molecule has 0 fully saturated rings. The van der Waals surface area contributed by atoms with Crippen LogP contribution in [-0.2, 0) is 10.1 Å². The molecular formula is C21H44O4S. The van der Waals surface area contributed by atoms with Gasteiger partial charge in [0.05, 0.1) is 5.25 Å². The van der Waals surface area contributed by atoms with Crippen LogP contribution in [0.5, 0.6) is 0 Å². The van der Waals surface area contributed by atoms with Gasteiger partial charge in [0.15, 0.2) is 0 Å². The first-order chi connectivity index (χ1) is 12.5. The number of aliphatic hydroxyl groups is 1. The van der Waals surface area contributed by atoms with E-state index in [4.69, 9.17) is 5.11 Å². The van der Waals surface area contributed by atoms with Gasteiger partial charge in [0.25, 0.3) is 10.1 Å². The Morgan fingerprint density at radius 1 is 0.615 bits per heavy atom. The molecule has 0 radical (unpaired) electrons. The Balaban J connectivity index is 3.68. The molecule has 0 aromatic carbocycles. The van der Waals surface area contributed by atoms with Gasteiger partial charge in [-0.1, -0.05) is 103 Å². The third-order valence-electron chi connectivity index (χ3n) is 5.24. The largest absolute Gasteiger partial charge is 0.396 e. The molecule has 0 saturated heterocycles. The maximum atomic E-state index is 11.6. The summed E-state index contributed by atoms with van der Waals surface area (Å²) in [6, 6.07) is 0. The Hall–Kier alpha value is -0.130. The number of hydrogen-bond acceptors (Lipinski definition) is 3. The lowest BCUT2D eigenvalue weighted by Crippen LogP contribution is -2.20. The van der Waals surface area contributed by atoms with Crippen molar-refractivity contribution in [1.29, 1.82) is 0 Å². The average molecular weight is 393 g/mol. The Bertz CT molecular complexity index is 381. The van der Waals surface area contributed by atoms with Gasteiger partial charge in [-0.3, -0.25) is 4.55 Å². The maximum absolute atomic E-state index is 11.6. The van der Waals surface area contributed by atoms with Crippen molar-refractivity contribution in [1.82, 2.24) is 0 Å². The van der Waals surface area contributed by atoms with E-state index < -0.39 is 15.4 Å². The molecular weight excluding hydrogens is 348 g/mol. The molecule has 0 heterocycles. The zero-order valence-corrected chi connectivity index (χ0v) is 17.9. The zero-order valence-electron chi connectivity index (χ0n) is 17.1. The van der Waals surface area contributed by atoms with Crippen LogP contribution in [0.4, 0.5) is 0 Å². The van der Waals surface area contributed by atoms with E-state index in [1.54, 1.807) is 0 Å². The molecule has 0 aromatic heterocycles. The standard InChI is InChI=1S/C21H44O4S/c1-2-3-4-5-6-7-9-12-15-18-21(26(23,24)25)19-16-13-10-8-11-14-17-20-22/h21-22H,2-20H2,1H3,(H,23,24,25). The van der Waals surface area contributed by atoms with E-state index in [1.165, 1.54) is 44.9 Å². The van der Waals surface area contributed by atoms with Gasteiger partial charge < -0.3 is 5.11 Å². The Kier molecular flexibility index (Phi) is 18.2. The minimum atomic E-state index is -3.91. The summed E-state index contributed by atoms with van der Waals surface area (Å²) in [7, 11) is -3.91. The SMILES string of the molecule is CCCCCCCCCCCC(CCCCCCCCCO)S(=O)(=O)O. The Morgan fingerprint density at radius 3 is 1.31 bits per heavy atom. The van der Waals surface area contributed by atoms with Crippen LogP contribution in [-0.4, -0.2) is 29.9 Å². The second kappa shape index (κ2) is 18.2. The second-order valence-corrected chi connectivity index (χ2v) is 9.44. The molecule has 4 nitrogen and oxygen atoms in total. The summed E-state index contributed by atoms with van der Waals surface area (Å²) in [6.45, 7) is 2.50. The lowest BCUT2D eigenvalue weighted by Gasteiger charge is -2.13. The summed E-state index contributed by atoms with van der Waals surface area (Å²) in [5, 5.41) is 8.16. The van der Waals surface area contributed by atoms with Crippen LogP contribution in [0.25, 0.3) is 0 Å². The predicted molar refractivity (Wildman–Crippen MR) is 111 cm³/mol. The van der Waals surface area contributed by atoms with Crippen LogP contribution in [0, 0.1) is 0 Å². The summed E-state index contributed by atoms with van der Waals surface area (Å²) in [6.07, 6.45) is 19.4. The molecule has 158 valence electrons. The molecule has 1 unspecified atom stereocenters. The molecule has 2 N–H and O–H groups in total. The lowest BCUT2D eigenvalue weighted by atomic mass is 10.0. The molecule has 0 aromatic rings. The molecule has 0 rings (SSSR count). The third-order valence-corrected chi connectivity index (χ3v) is 6.55. The first-order valence-corrected chi connectivity index (χ1v) is 12.6. The highest BCUT2D eigenvalue weighted by Crippen LogP contribution is 2.19. The summed E-state index contributed by atoms with van der Waals surface area (Å²) < 4.78 is 32.6. The minimum Gasteiger partial charge on any atom is -0.396 e. The van der Waals surface area contributed by atoms with Gasteiger partial charge in [0.2, 0.25) is 0 Å². The summed E-state index contributed by atoms with van der Waals surface area (Å²) in [5.74, 6) is 0. The van der Waals surface area contributed by atoms with E-state index in [1.807, 2.05) is 0 Å². The molecule has 0 bridgehead atoms. The fourth-order valence-corrected chi connectivity index (χ4v) is 4.42. The van der Waals surface area contributed by atoms with E-state index in [0.29, 0.717) is 12.8 Å². The van der Waals surface area contributed by atoms with Crippen molar-refractivity contribution in [3.63, 3.8) is 0 Å². The molecule has 26 heavy (non-hydrogen) atoms. The molecule has 5 heteroatoms. The van der Waals surface area contributed by atoms with E-state index >= 15 is 0 Å². The van der Waals surface area contributed by atoms with E-state index in [-0.39, 0.29) is 6.61 Å². The quantitative estimate of drug-likeness (QED) is 0.189. The fraction of sp³-hybridized carbons (Fsp3) is 1.00. The molecule has 1 atom stereocenters. The molecule has 0 saturated carbocycles. The minimum absolute atomic E-state index is 0.273. The first kappa shape index (κ1) is 25.9.